The van der Waals surface area contributed by atoms with Gasteiger partial charge in [0, 0.05) is 30.1 Å². The monoisotopic (exact) mass is 422 g/mol. The van der Waals surface area contributed by atoms with E-state index in [1.54, 1.807) is 34.4 Å². The van der Waals surface area contributed by atoms with Gasteiger partial charge < -0.3 is 9.64 Å². The number of morpholine rings is 1. The van der Waals surface area contributed by atoms with Crippen LogP contribution in [0.15, 0.2) is 40.6 Å². The van der Waals surface area contributed by atoms with Crippen LogP contribution < -0.4 is 0 Å². The molecule has 3 rings (SSSR count). The Kier molecular flexibility index (Phi) is 6.87. The molecular weight excluding hydrogens is 396 g/mol. The molecule has 1 fully saturated rings. The molecule has 8 heteroatoms. The highest BCUT2D eigenvalue weighted by molar-refractivity contribution is 7.89. The first-order chi connectivity index (χ1) is 13.5. The van der Waals surface area contributed by atoms with Crippen molar-refractivity contribution >= 4 is 27.3 Å². The predicted molar refractivity (Wildman–Crippen MR) is 110 cm³/mol. The molecular formula is C20H26N2O4S2. The van der Waals surface area contributed by atoms with Crippen LogP contribution in [0, 0.1) is 0 Å². The van der Waals surface area contributed by atoms with Gasteiger partial charge in [-0.25, -0.2) is 8.42 Å². The zero-order valence-corrected chi connectivity index (χ0v) is 17.9. The fourth-order valence-corrected chi connectivity index (χ4v) is 5.69. The standard InChI is InChI=1S/C20H26N2O4S2/c1-3-16-7-8-17(20(23)21(4-2)15-18-6-5-13-27-18)14-19(16)28(24,25)22-9-11-26-12-10-22/h5-8,13-14H,3-4,9-12,15H2,1-2H3. The van der Waals surface area contributed by atoms with Crippen LogP contribution in [-0.4, -0.2) is 56.4 Å². The van der Waals surface area contributed by atoms with E-state index in [4.69, 9.17) is 4.74 Å². The van der Waals surface area contributed by atoms with E-state index in [1.807, 2.05) is 31.4 Å². The molecule has 6 nitrogen and oxygen atoms in total. The summed E-state index contributed by atoms with van der Waals surface area (Å²) in [5.74, 6) is -0.156. The zero-order valence-electron chi connectivity index (χ0n) is 16.3. The van der Waals surface area contributed by atoms with Crippen LogP contribution in [0.25, 0.3) is 0 Å². The van der Waals surface area contributed by atoms with Gasteiger partial charge in [-0.05, 0) is 42.5 Å². The molecule has 0 atom stereocenters. The van der Waals surface area contributed by atoms with Crippen molar-refractivity contribution in [2.75, 3.05) is 32.8 Å². The number of rotatable bonds is 7. The Hall–Kier alpha value is -1.74. The summed E-state index contributed by atoms with van der Waals surface area (Å²) in [5, 5.41) is 1.98. The van der Waals surface area contributed by atoms with Crippen LogP contribution in [0.3, 0.4) is 0 Å². The summed E-state index contributed by atoms with van der Waals surface area (Å²) in [5.41, 5.74) is 1.13. The Morgan fingerprint density at radius 2 is 1.96 bits per heavy atom. The molecule has 2 aromatic rings. The van der Waals surface area contributed by atoms with Gasteiger partial charge in [0.25, 0.3) is 5.91 Å². The third kappa shape index (κ3) is 4.46. The summed E-state index contributed by atoms with van der Waals surface area (Å²) >= 11 is 1.60. The lowest BCUT2D eigenvalue weighted by Gasteiger charge is -2.27. The van der Waals surface area contributed by atoms with Crippen LogP contribution in [0.4, 0.5) is 0 Å². The second kappa shape index (κ2) is 9.17. The molecule has 0 aliphatic carbocycles. The van der Waals surface area contributed by atoms with Gasteiger partial charge in [-0.2, -0.15) is 4.31 Å². The predicted octanol–water partition coefficient (Wildman–Crippen LogP) is 2.99. The second-order valence-electron chi connectivity index (χ2n) is 6.59. The van der Waals surface area contributed by atoms with Crippen LogP contribution in [-0.2, 0) is 27.7 Å². The molecule has 1 aromatic heterocycles. The summed E-state index contributed by atoms with van der Waals surface area (Å²) in [6.45, 7) is 6.38. The maximum atomic E-state index is 13.2. The van der Waals surface area contributed by atoms with Gasteiger partial charge in [0.1, 0.15) is 0 Å². The molecule has 0 unspecified atom stereocenters. The Morgan fingerprint density at radius 3 is 2.57 bits per heavy atom. The number of thiophene rings is 1. The summed E-state index contributed by atoms with van der Waals surface area (Å²) in [6.07, 6.45) is 0.583. The van der Waals surface area contributed by atoms with Crippen molar-refractivity contribution in [1.82, 2.24) is 9.21 Å². The minimum atomic E-state index is -3.66. The number of hydrogen-bond donors (Lipinski definition) is 0. The number of benzene rings is 1. The Labute approximate surface area is 170 Å². The lowest BCUT2D eigenvalue weighted by molar-refractivity contribution is 0.0729. The van der Waals surface area contributed by atoms with Gasteiger partial charge in [-0.15, -0.1) is 11.3 Å². The van der Waals surface area contributed by atoms with Crippen molar-refractivity contribution in [2.45, 2.75) is 31.7 Å². The van der Waals surface area contributed by atoms with Crippen molar-refractivity contribution < 1.29 is 17.9 Å². The number of ether oxygens (including phenoxy) is 1. The summed E-state index contributed by atoms with van der Waals surface area (Å²) in [7, 11) is -3.66. The molecule has 152 valence electrons. The minimum absolute atomic E-state index is 0.156. The second-order valence-corrected chi connectivity index (χ2v) is 9.53. The largest absolute Gasteiger partial charge is 0.379 e. The van der Waals surface area contributed by atoms with E-state index in [-0.39, 0.29) is 10.8 Å². The molecule has 1 saturated heterocycles. The number of hydrogen-bond acceptors (Lipinski definition) is 5. The molecule has 1 aliphatic heterocycles. The van der Waals surface area contributed by atoms with Gasteiger partial charge in [-0.1, -0.05) is 19.1 Å². The zero-order chi connectivity index (χ0) is 20.1. The van der Waals surface area contributed by atoms with E-state index >= 15 is 0 Å². The first kappa shape index (κ1) is 21.0. The molecule has 1 aromatic carbocycles. The molecule has 0 radical (unpaired) electrons. The number of carbonyl (C=O) groups is 1. The number of sulfonamides is 1. The number of nitrogens with zero attached hydrogens (tertiary/aromatic N) is 2. The maximum Gasteiger partial charge on any atom is 0.254 e. The average Bonchev–Trinajstić information content (AvgIpc) is 3.25. The molecule has 0 N–H and O–H groups in total. The summed E-state index contributed by atoms with van der Waals surface area (Å²) < 4.78 is 33.1. The van der Waals surface area contributed by atoms with Gasteiger partial charge >= 0.3 is 0 Å². The molecule has 0 spiro atoms. The fraction of sp³-hybridized carbons (Fsp3) is 0.450. The van der Waals surface area contributed by atoms with Crippen molar-refractivity contribution in [3.63, 3.8) is 0 Å². The van der Waals surface area contributed by atoms with Gasteiger partial charge in [0.2, 0.25) is 10.0 Å². The van der Waals surface area contributed by atoms with Gasteiger partial charge in [0.05, 0.1) is 24.7 Å². The first-order valence-corrected chi connectivity index (χ1v) is 11.8. The highest BCUT2D eigenvalue weighted by Crippen LogP contribution is 2.24. The number of aryl methyl sites for hydroxylation is 1. The van der Waals surface area contributed by atoms with E-state index in [1.165, 1.54) is 4.31 Å². The normalized spacial score (nSPS) is 15.5. The van der Waals surface area contributed by atoms with Crippen LogP contribution in [0.2, 0.25) is 0 Å². The van der Waals surface area contributed by atoms with Gasteiger partial charge in [-0.3, -0.25) is 4.79 Å². The highest BCUT2D eigenvalue weighted by Gasteiger charge is 2.29. The highest BCUT2D eigenvalue weighted by atomic mass is 32.2. The third-order valence-electron chi connectivity index (χ3n) is 4.88. The maximum absolute atomic E-state index is 13.2. The lowest BCUT2D eigenvalue weighted by atomic mass is 10.1. The first-order valence-electron chi connectivity index (χ1n) is 9.49. The lowest BCUT2D eigenvalue weighted by Crippen LogP contribution is -2.41. The fourth-order valence-electron chi connectivity index (χ4n) is 3.25. The smallest absolute Gasteiger partial charge is 0.254 e. The number of carbonyl (C=O) groups excluding carboxylic acids is 1. The van der Waals surface area contributed by atoms with E-state index in [9.17, 15) is 13.2 Å². The van der Waals surface area contributed by atoms with Gasteiger partial charge in [0.15, 0.2) is 0 Å². The van der Waals surface area contributed by atoms with Crippen LogP contribution in [0.5, 0.6) is 0 Å². The Balaban J connectivity index is 1.92. The Bertz CT molecular complexity index is 904. The molecule has 28 heavy (non-hydrogen) atoms. The molecule has 1 aliphatic rings. The quantitative estimate of drug-likeness (QED) is 0.688. The molecule has 0 saturated carbocycles. The van der Waals surface area contributed by atoms with E-state index in [2.05, 4.69) is 0 Å². The van der Waals surface area contributed by atoms with E-state index < -0.39 is 10.0 Å². The van der Waals surface area contributed by atoms with Crippen LogP contribution in [0.1, 0.15) is 34.6 Å². The number of amides is 1. The minimum Gasteiger partial charge on any atom is -0.379 e. The molecule has 2 heterocycles. The van der Waals surface area contributed by atoms with Crippen molar-refractivity contribution in [3.05, 3.63) is 51.7 Å². The van der Waals surface area contributed by atoms with E-state index in [0.717, 1.165) is 10.4 Å². The Morgan fingerprint density at radius 1 is 1.21 bits per heavy atom. The summed E-state index contributed by atoms with van der Waals surface area (Å²) in [4.78, 5) is 16.1. The topological polar surface area (TPSA) is 66.9 Å². The average molecular weight is 423 g/mol. The molecule has 0 bridgehead atoms. The van der Waals surface area contributed by atoms with Crippen molar-refractivity contribution in [3.8, 4) is 0 Å². The van der Waals surface area contributed by atoms with Crippen molar-refractivity contribution in [1.29, 1.82) is 0 Å². The molecule has 1 amide bonds. The van der Waals surface area contributed by atoms with Crippen LogP contribution >= 0.6 is 11.3 Å². The third-order valence-corrected chi connectivity index (χ3v) is 7.72. The SMILES string of the molecule is CCc1ccc(C(=O)N(CC)Cc2cccs2)cc1S(=O)(=O)N1CCOCC1. The summed E-state index contributed by atoms with van der Waals surface area (Å²) in [6, 6.07) is 9.00. The van der Waals surface area contributed by atoms with E-state index in [0.29, 0.717) is 51.4 Å². The van der Waals surface area contributed by atoms with Crippen molar-refractivity contribution in [2.24, 2.45) is 0 Å².